The number of quaternary nitrogens is 1. The van der Waals surface area contributed by atoms with Crippen LogP contribution >= 0.6 is 23.6 Å². The minimum atomic E-state index is 0.609. The standard InChI is InChI=1S/C20H25N5S2/c1-23(15-25-20(26)21-19(22-25)18-6-5-13-27-18)14-16-7-9-17(10-8-16)24-11-3-2-4-12-24/h5-10,13H,2-4,11-12,14-15H2,1H3,(H,21,22,26)/p+1. The van der Waals surface area contributed by atoms with Gasteiger partial charge in [0.05, 0.1) is 11.9 Å². The molecule has 142 valence electrons. The number of thiophene rings is 1. The van der Waals surface area contributed by atoms with Crippen LogP contribution in [0.1, 0.15) is 24.8 Å². The first-order valence-corrected chi connectivity index (χ1v) is 10.8. The Hall–Kier alpha value is -1.96. The third-order valence-corrected chi connectivity index (χ3v) is 6.21. The molecule has 1 fully saturated rings. The zero-order chi connectivity index (χ0) is 18.6. The van der Waals surface area contributed by atoms with E-state index in [1.54, 1.807) is 11.3 Å². The van der Waals surface area contributed by atoms with Crippen LogP contribution < -0.4 is 9.80 Å². The summed E-state index contributed by atoms with van der Waals surface area (Å²) in [5, 5.41) is 5.39. The quantitative estimate of drug-likeness (QED) is 0.624. The highest BCUT2D eigenvalue weighted by molar-refractivity contribution is 7.71. The van der Waals surface area contributed by atoms with Crippen LogP contribution in [-0.4, -0.2) is 34.9 Å². The van der Waals surface area contributed by atoms with E-state index in [1.165, 1.54) is 48.5 Å². The molecule has 7 heteroatoms. The molecule has 0 aliphatic carbocycles. The lowest BCUT2D eigenvalue weighted by Crippen LogP contribution is -3.07. The topological polar surface area (TPSA) is 41.3 Å². The molecule has 5 nitrogen and oxygen atoms in total. The molecular weight excluding hydrogens is 374 g/mol. The summed E-state index contributed by atoms with van der Waals surface area (Å²) in [4.78, 5) is 9.47. The molecule has 0 radical (unpaired) electrons. The number of H-pyrrole nitrogens is 1. The minimum Gasteiger partial charge on any atom is -0.372 e. The molecule has 3 aromatic rings. The normalized spacial score (nSPS) is 15.8. The number of rotatable bonds is 6. The van der Waals surface area contributed by atoms with Crippen LogP contribution in [0.25, 0.3) is 10.7 Å². The number of nitrogens with zero attached hydrogens (tertiary/aromatic N) is 3. The molecule has 4 rings (SSSR count). The second-order valence-electron chi connectivity index (χ2n) is 7.27. The van der Waals surface area contributed by atoms with Gasteiger partial charge in [0, 0.05) is 24.3 Å². The molecule has 1 saturated heterocycles. The number of hydrogen-bond donors (Lipinski definition) is 2. The van der Waals surface area contributed by atoms with E-state index in [0.717, 1.165) is 23.9 Å². The highest BCUT2D eigenvalue weighted by Crippen LogP contribution is 2.21. The zero-order valence-electron chi connectivity index (χ0n) is 15.6. The molecule has 1 aliphatic heterocycles. The van der Waals surface area contributed by atoms with E-state index in [1.807, 2.05) is 10.7 Å². The molecule has 1 aliphatic rings. The molecule has 1 atom stereocenters. The fourth-order valence-corrected chi connectivity index (χ4v) is 4.50. The maximum atomic E-state index is 5.43. The van der Waals surface area contributed by atoms with Crippen molar-refractivity contribution in [2.45, 2.75) is 32.5 Å². The summed E-state index contributed by atoms with van der Waals surface area (Å²) in [7, 11) is 2.19. The summed E-state index contributed by atoms with van der Waals surface area (Å²) in [6.07, 6.45) is 3.99. The van der Waals surface area contributed by atoms with Crippen LogP contribution in [0.5, 0.6) is 0 Å². The molecule has 0 spiro atoms. The highest BCUT2D eigenvalue weighted by Gasteiger charge is 2.12. The average molecular weight is 401 g/mol. The largest absolute Gasteiger partial charge is 0.372 e. The van der Waals surface area contributed by atoms with Crippen molar-refractivity contribution < 1.29 is 4.90 Å². The van der Waals surface area contributed by atoms with Crippen LogP contribution in [0.2, 0.25) is 0 Å². The van der Waals surface area contributed by atoms with Gasteiger partial charge in [-0.2, -0.15) is 4.98 Å². The molecule has 2 aromatic heterocycles. The fraction of sp³-hybridized carbons (Fsp3) is 0.400. The first-order chi connectivity index (χ1) is 13.2. The predicted molar refractivity (Wildman–Crippen MR) is 114 cm³/mol. The van der Waals surface area contributed by atoms with Crippen molar-refractivity contribution in [3.05, 3.63) is 52.1 Å². The molecular formula is C20H26N5S2+. The third-order valence-electron chi connectivity index (χ3n) is 5.03. The van der Waals surface area contributed by atoms with Crippen molar-refractivity contribution in [2.75, 3.05) is 25.0 Å². The number of hydrogen-bond acceptors (Lipinski definition) is 4. The van der Waals surface area contributed by atoms with Crippen LogP contribution in [0.4, 0.5) is 5.69 Å². The van der Waals surface area contributed by atoms with E-state index >= 15 is 0 Å². The van der Waals surface area contributed by atoms with Crippen LogP contribution in [0.3, 0.4) is 0 Å². The average Bonchev–Trinajstić information content (AvgIpc) is 3.33. The highest BCUT2D eigenvalue weighted by atomic mass is 32.1. The minimum absolute atomic E-state index is 0.609. The van der Waals surface area contributed by atoms with Crippen LogP contribution in [-0.2, 0) is 13.2 Å². The zero-order valence-corrected chi connectivity index (χ0v) is 17.3. The summed E-state index contributed by atoms with van der Waals surface area (Å²) in [5.41, 5.74) is 2.70. The van der Waals surface area contributed by atoms with E-state index in [-0.39, 0.29) is 0 Å². The Morgan fingerprint density at radius 1 is 1.15 bits per heavy atom. The maximum Gasteiger partial charge on any atom is 0.221 e. The first kappa shape index (κ1) is 18.4. The second kappa shape index (κ2) is 8.37. The summed E-state index contributed by atoms with van der Waals surface area (Å²) in [5.74, 6) is 0.855. The molecule has 0 amide bonds. The van der Waals surface area contributed by atoms with Gasteiger partial charge in [0.25, 0.3) is 0 Å². The van der Waals surface area contributed by atoms with Crippen molar-refractivity contribution in [3.8, 4) is 10.7 Å². The predicted octanol–water partition coefficient (Wildman–Crippen LogP) is 3.33. The molecule has 0 saturated carbocycles. The van der Waals surface area contributed by atoms with Gasteiger partial charge in [0.1, 0.15) is 6.54 Å². The Bertz CT molecular complexity index is 905. The smallest absolute Gasteiger partial charge is 0.221 e. The summed E-state index contributed by atoms with van der Waals surface area (Å²) >= 11 is 7.09. The van der Waals surface area contributed by atoms with Gasteiger partial charge < -0.3 is 9.80 Å². The Morgan fingerprint density at radius 3 is 2.63 bits per heavy atom. The monoisotopic (exact) mass is 400 g/mol. The van der Waals surface area contributed by atoms with Gasteiger partial charge in [-0.05, 0) is 55.1 Å². The molecule has 0 bridgehead atoms. The lowest BCUT2D eigenvalue weighted by Gasteiger charge is -2.28. The molecule has 2 N–H and O–H groups in total. The van der Waals surface area contributed by atoms with Crippen molar-refractivity contribution in [1.82, 2.24) is 14.8 Å². The van der Waals surface area contributed by atoms with E-state index in [9.17, 15) is 0 Å². The number of piperidine rings is 1. The number of anilines is 1. The summed E-state index contributed by atoms with van der Waals surface area (Å²) < 4.78 is 2.57. The van der Waals surface area contributed by atoms with Gasteiger partial charge in [0.15, 0.2) is 12.5 Å². The number of nitrogens with one attached hydrogen (secondary N) is 2. The van der Waals surface area contributed by atoms with Crippen molar-refractivity contribution in [3.63, 3.8) is 0 Å². The van der Waals surface area contributed by atoms with Crippen molar-refractivity contribution in [1.29, 1.82) is 0 Å². The van der Waals surface area contributed by atoms with Crippen molar-refractivity contribution >= 4 is 29.2 Å². The summed E-state index contributed by atoms with van der Waals surface area (Å²) in [6.45, 7) is 4.10. The van der Waals surface area contributed by atoms with Crippen LogP contribution in [0, 0.1) is 4.77 Å². The Kier molecular flexibility index (Phi) is 5.71. The van der Waals surface area contributed by atoms with E-state index in [2.05, 4.69) is 57.7 Å². The Labute approximate surface area is 169 Å². The van der Waals surface area contributed by atoms with Crippen molar-refractivity contribution in [2.24, 2.45) is 0 Å². The molecule has 27 heavy (non-hydrogen) atoms. The van der Waals surface area contributed by atoms with Gasteiger partial charge in [0.2, 0.25) is 4.77 Å². The molecule has 3 heterocycles. The fourth-order valence-electron chi connectivity index (χ4n) is 3.64. The molecule has 1 aromatic carbocycles. The lowest BCUT2D eigenvalue weighted by atomic mass is 10.1. The number of benzene rings is 1. The Balaban J connectivity index is 1.38. The first-order valence-electron chi connectivity index (χ1n) is 9.55. The van der Waals surface area contributed by atoms with Gasteiger partial charge >= 0.3 is 0 Å². The van der Waals surface area contributed by atoms with Gasteiger partial charge in [-0.25, -0.2) is 4.68 Å². The number of aromatic amines is 1. The second-order valence-corrected chi connectivity index (χ2v) is 8.58. The SMILES string of the molecule is C[NH+](Cc1ccc(N2CCCCC2)cc1)Cn1[nH]c(-c2cccs2)nc1=S. The third kappa shape index (κ3) is 4.48. The van der Waals surface area contributed by atoms with Gasteiger partial charge in [-0.15, -0.1) is 11.3 Å². The maximum absolute atomic E-state index is 5.43. The van der Waals surface area contributed by atoms with Gasteiger partial charge in [-0.3, -0.25) is 5.10 Å². The molecule has 1 unspecified atom stereocenters. The van der Waals surface area contributed by atoms with Gasteiger partial charge in [-0.1, -0.05) is 18.2 Å². The lowest BCUT2D eigenvalue weighted by molar-refractivity contribution is -0.917. The Morgan fingerprint density at radius 2 is 1.93 bits per heavy atom. The van der Waals surface area contributed by atoms with E-state index < -0.39 is 0 Å². The number of aromatic nitrogens is 3. The van der Waals surface area contributed by atoms with Crippen LogP contribution in [0.15, 0.2) is 41.8 Å². The van der Waals surface area contributed by atoms with E-state index in [4.69, 9.17) is 12.2 Å². The van der Waals surface area contributed by atoms with E-state index in [0.29, 0.717) is 4.77 Å². The summed E-state index contributed by atoms with van der Waals surface area (Å²) in [6, 6.07) is 13.1.